The van der Waals surface area contributed by atoms with Crippen molar-refractivity contribution in [3.05, 3.63) is 0 Å². The van der Waals surface area contributed by atoms with Gasteiger partial charge in [0.2, 0.25) is 5.91 Å². The van der Waals surface area contributed by atoms with Crippen LogP contribution >= 0.6 is 0 Å². The Kier molecular flexibility index (Phi) is 27.0. The Morgan fingerprint density at radius 1 is 0.667 bits per heavy atom. The first kappa shape index (κ1) is 28.6. The van der Waals surface area contributed by atoms with E-state index in [0.29, 0.717) is 0 Å². The van der Waals surface area contributed by atoms with Crippen molar-refractivity contribution in [3.8, 4) is 0 Å². The predicted octanol–water partition coefficient (Wildman–Crippen LogP) is 6.99. The van der Waals surface area contributed by atoms with Gasteiger partial charge in [0.25, 0.3) is 0 Å². The molecule has 3 nitrogen and oxygen atoms in total. The number of carbonyl (C=O) groups excluding carboxylic acids is 1. The molecule has 0 aliphatic carbocycles. The molecule has 1 amide bonds. The van der Waals surface area contributed by atoms with E-state index in [1.807, 2.05) is 0 Å². The molecule has 0 aromatic carbocycles. The summed E-state index contributed by atoms with van der Waals surface area (Å²) in [6.45, 7) is 10.7. The van der Waals surface area contributed by atoms with Crippen LogP contribution in [0.4, 0.5) is 0 Å². The van der Waals surface area contributed by atoms with Crippen molar-refractivity contribution in [2.24, 2.45) is 11.7 Å². The zero-order chi connectivity index (χ0) is 20.6. The zero-order valence-corrected chi connectivity index (χ0v) is 19.3. The summed E-state index contributed by atoms with van der Waals surface area (Å²) in [7, 11) is 0. The highest BCUT2D eigenvalue weighted by atomic mass is 16.1. The van der Waals surface area contributed by atoms with E-state index >= 15 is 0 Å². The summed E-state index contributed by atoms with van der Waals surface area (Å²) in [6.07, 6.45) is 21.2. The number of primary amides is 1. The third kappa shape index (κ3) is 25.4. The lowest BCUT2D eigenvalue weighted by molar-refractivity contribution is -0.122. The number of hydrogen-bond donors (Lipinski definition) is 2. The van der Waals surface area contributed by atoms with E-state index in [9.17, 15) is 4.79 Å². The van der Waals surface area contributed by atoms with Crippen molar-refractivity contribution in [1.82, 2.24) is 5.32 Å². The highest BCUT2D eigenvalue weighted by molar-refractivity contribution is 5.76. The highest BCUT2D eigenvalue weighted by Crippen LogP contribution is 2.16. The summed E-state index contributed by atoms with van der Waals surface area (Å²) in [5.41, 5.74) is 5.36. The molecular formula is C24H52N2O. The SMILES string of the molecule is CCCCCCCCCCCCCCCCC(CC)C(N)=O.CCNCC. The number of carbonyl (C=O) groups is 1. The maximum Gasteiger partial charge on any atom is 0.220 e. The summed E-state index contributed by atoms with van der Waals surface area (Å²) in [5.74, 6) is -0.00507. The van der Waals surface area contributed by atoms with Crippen molar-refractivity contribution in [2.75, 3.05) is 13.1 Å². The molecule has 0 bridgehead atoms. The third-order valence-electron chi connectivity index (χ3n) is 5.30. The van der Waals surface area contributed by atoms with Gasteiger partial charge in [-0.05, 0) is 25.9 Å². The van der Waals surface area contributed by atoms with Gasteiger partial charge in [-0.1, -0.05) is 118 Å². The smallest absolute Gasteiger partial charge is 0.220 e. The fourth-order valence-electron chi connectivity index (χ4n) is 3.38. The van der Waals surface area contributed by atoms with Crippen LogP contribution in [0.3, 0.4) is 0 Å². The van der Waals surface area contributed by atoms with Crippen LogP contribution < -0.4 is 11.1 Å². The predicted molar refractivity (Wildman–Crippen MR) is 122 cm³/mol. The van der Waals surface area contributed by atoms with Crippen molar-refractivity contribution in [2.45, 2.75) is 130 Å². The summed E-state index contributed by atoms with van der Waals surface area (Å²) >= 11 is 0. The molecule has 1 unspecified atom stereocenters. The van der Waals surface area contributed by atoms with Gasteiger partial charge in [-0.25, -0.2) is 0 Å². The molecular weight excluding hydrogens is 332 g/mol. The molecule has 27 heavy (non-hydrogen) atoms. The maximum atomic E-state index is 11.1. The van der Waals surface area contributed by atoms with E-state index in [-0.39, 0.29) is 11.8 Å². The van der Waals surface area contributed by atoms with Gasteiger partial charge in [0.1, 0.15) is 0 Å². The second-order valence-corrected chi connectivity index (χ2v) is 7.85. The molecule has 0 spiro atoms. The first-order chi connectivity index (χ1) is 13.1. The summed E-state index contributed by atoms with van der Waals surface area (Å²) in [5, 5.41) is 3.11. The molecule has 0 aliphatic heterocycles. The van der Waals surface area contributed by atoms with E-state index in [2.05, 4.69) is 33.0 Å². The minimum Gasteiger partial charge on any atom is -0.369 e. The number of unbranched alkanes of at least 4 members (excludes halogenated alkanes) is 13. The van der Waals surface area contributed by atoms with Gasteiger partial charge in [0.05, 0.1) is 0 Å². The van der Waals surface area contributed by atoms with Crippen LogP contribution in [0.1, 0.15) is 130 Å². The molecule has 0 aromatic heterocycles. The average molecular weight is 385 g/mol. The van der Waals surface area contributed by atoms with Gasteiger partial charge < -0.3 is 11.1 Å². The molecule has 0 aliphatic rings. The van der Waals surface area contributed by atoms with Gasteiger partial charge in [-0.2, -0.15) is 0 Å². The Balaban J connectivity index is 0. The van der Waals surface area contributed by atoms with E-state index in [0.717, 1.165) is 25.9 Å². The first-order valence-electron chi connectivity index (χ1n) is 12.1. The van der Waals surface area contributed by atoms with Gasteiger partial charge in [-0.15, -0.1) is 0 Å². The molecule has 1 atom stereocenters. The minimum absolute atomic E-state index is 0.109. The topological polar surface area (TPSA) is 55.1 Å². The molecule has 0 rings (SSSR count). The van der Waals surface area contributed by atoms with Crippen LogP contribution in [0.25, 0.3) is 0 Å². The van der Waals surface area contributed by atoms with Gasteiger partial charge in [0, 0.05) is 5.92 Å². The monoisotopic (exact) mass is 384 g/mol. The lowest BCUT2D eigenvalue weighted by Crippen LogP contribution is -2.22. The van der Waals surface area contributed by atoms with Gasteiger partial charge >= 0.3 is 0 Å². The number of nitrogens with two attached hydrogens (primary N) is 1. The van der Waals surface area contributed by atoms with Crippen LogP contribution in [-0.2, 0) is 4.79 Å². The number of hydrogen-bond acceptors (Lipinski definition) is 2. The Labute approximate surface area is 171 Å². The summed E-state index contributed by atoms with van der Waals surface area (Å²) in [4.78, 5) is 11.1. The molecule has 0 heterocycles. The Morgan fingerprint density at radius 3 is 1.30 bits per heavy atom. The zero-order valence-electron chi connectivity index (χ0n) is 19.3. The van der Waals surface area contributed by atoms with Crippen molar-refractivity contribution in [3.63, 3.8) is 0 Å². The fourth-order valence-corrected chi connectivity index (χ4v) is 3.38. The van der Waals surface area contributed by atoms with Gasteiger partial charge in [0.15, 0.2) is 0 Å². The van der Waals surface area contributed by atoms with Crippen LogP contribution in [0, 0.1) is 5.92 Å². The largest absolute Gasteiger partial charge is 0.369 e. The van der Waals surface area contributed by atoms with E-state index in [1.54, 1.807) is 0 Å². The molecule has 0 saturated heterocycles. The molecule has 0 fully saturated rings. The fraction of sp³-hybridized carbons (Fsp3) is 0.958. The minimum atomic E-state index is -0.114. The molecule has 0 radical (unpaired) electrons. The highest BCUT2D eigenvalue weighted by Gasteiger charge is 2.11. The third-order valence-corrected chi connectivity index (χ3v) is 5.30. The average Bonchev–Trinajstić information content (AvgIpc) is 2.66. The van der Waals surface area contributed by atoms with Crippen LogP contribution in [0.5, 0.6) is 0 Å². The van der Waals surface area contributed by atoms with E-state index in [1.165, 1.54) is 89.9 Å². The quantitative estimate of drug-likeness (QED) is 0.236. The van der Waals surface area contributed by atoms with Crippen molar-refractivity contribution < 1.29 is 4.79 Å². The molecule has 3 N–H and O–H groups in total. The van der Waals surface area contributed by atoms with Crippen molar-refractivity contribution in [1.29, 1.82) is 0 Å². The first-order valence-corrected chi connectivity index (χ1v) is 12.1. The molecule has 0 saturated carbocycles. The standard InChI is InChI=1S/C20H41NO.C4H11N/c1-3-5-6-7-8-9-10-11-12-13-14-15-16-17-18-19(4-2)20(21)22;1-3-5-4-2/h19H,3-18H2,1-2H3,(H2,21,22);5H,3-4H2,1-2H3. The Hall–Kier alpha value is -0.570. The van der Waals surface area contributed by atoms with Gasteiger partial charge in [-0.3, -0.25) is 4.79 Å². The van der Waals surface area contributed by atoms with Crippen LogP contribution in [0.15, 0.2) is 0 Å². The van der Waals surface area contributed by atoms with Crippen molar-refractivity contribution >= 4 is 5.91 Å². The molecule has 164 valence electrons. The lowest BCUT2D eigenvalue weighted by Gasteiger charge is -2.09. The second-order valence-electron chi connectivity index (χ2n) is 7.85. The van der Waals surface area contributed by atoms with E-state index in [4.69, 9.17) is 5.73 Å². The Bertz CT molecular complexity index is 280. The van der Waals surface area contributed by atoms with Crippen LogP contribution in [-0.4, -0.2) is 19.0 Å². The Morgan fingerprint density at radius 2 is 1.04 bits per heavy atom. The lowest BCUT2D eigenvalue weighted by atomic mass is 9.97. The number of rotatable bonds is 19. The summed E-state index contributed by atoms with van der Waals surface area (Å²) < 4.78 is 0. The van der Waals surface area contributed by atoms with Crippen LogP contribution in [0.2, 0.25) is 0 Å². The second kappa shape index (κ2) is 25.4. The number of amides is 1. The molecule has 3 heteroatoms. The van der Waals surface area contributed by atoms with E-state index < -0.39 is 0 Å². The normalized spacial score (nSPS) is 11.7. The summed E-state index contributed by atoms with van der Waals surface area (Å²) in [6, 6.07) is 0. The number of nitrogens with one attached hydrogen (secondary N) is 1. The maximum absolute atomic E-state index is 11.1. The molecule has 0 aromatic rings.